The highest BCUT2D eigenvalue weighted by Crippen LogP contribution is 2.46. The van der Waals surface area contributed by atoms with E-state index in [1.807, 2.05) is 0 Å². The van der Waals surface area contributed by atoms with E-state index in [-0.39, 0.29) is 0 Å². The first-order valence-corrected chi connectivity index (χ1v) is 12.3. The summed E-state index contributed by atoms with van der Waals surface area (Å²) in [4.78, 5) is 2.49. The number of rotatable bonds is 3. The van der Waals surface area contributed by atoms with Gasteiger partial charge in [0.05, 0.1) is 5.69 Å². The van der Waals surface area contributed by atoms with E-state index in [9.17, 15) is 0 Å². The minimum atomic E-state index is 1.22. The van der Waals surface area contributed by atoms with Gasteiger partial charge in [-0.15, -0.1) is 0 Å². The fraction of sp³-hybridized carbons (Fsp3) is 0.118. The monoisotopic (exact) mass is 451 g/mol. The van der Waals surface area contributed by atoms with Crippen LogP contribution in [0.2, 0.25) is 0 Å². The second-order valence-electron chi connectivity index (χ2n) is 9.78. The third-order valence-corrected chi connectivity index (χ3v) is 7.11. The molecule has 0 amide bonds. The predicted molar refractivity (Wildman–Crippen MR) is 153 cm³/mol. The SMILES string of the molecule is Cc1ccc(N(c2ccc(C)cc2C)c2c3ccccc3cc3cc4ccccc4cc23)c(C)c1. The summed E-state index contributed by atoms with van der Waals surface area (Å²) in [6.45, 7) is 8.78. The highest BCUT2D eigenvalue weighted by atomic mass is 15.1. The van der Waals surface area contributed by atoms with E-state index in [1.165, 1.54) is 71.6 Å². The molecule has 0 N–H and O–H groups in total. The lowest BCUT2D eigenvalue weighted by atomic mass is 9.95. The van der Waals surface area contributed by atoms with Crippen molar-refractivity contribution in [2.75, 3.05) is 4.90 Å². The van der Waals surface area contributed by atoms with Crippen LogP contribution in [0.4, 0.5) is 17.1 Å². The Hall–Kier alpha value is -4.10. The molecule has 6 aromatic rings. The summed E-state index contributed by atoms with van der Waals surface area (Å²) >= 11 is 0. The summed E-state index contributed by atoms with van der Waals surface area (Å²) in [5.74, 6) is 0. The molecule has 0 radical (unpaired) electrons. The molecule has 0 bridgehead atoms. The van der Waals surface area contributed by atoms with Gasteiger partial charge in [-0.1, -0.05) is 83.9 Å². The maximum Gasteiger partial charge on any atom is 0.0618 e. The van der Waals surface area contributed by atoms with Gasteiger partial charge in [-0.2, -0.15) is 0 Å². The van der Waals surface area contributed by atoms with E-state index < -0.39 is 0 Å². The number of hydrogen-bond donors (Lipinski definition) is 0. The maximum absolute atomic E-state index is 2.49. The number of nitrogens with zero attached hydrogens (tertiary/aromatic N) is 1. The van der Waals surface area contributed by atoms with E-state index in [0.717, 1.165) is 0 Å². The molecule has 0 spiro atoms. The maximum atomic E-state index is 2.49. The Balaban J connectivity index is 1.80. The molecule has 0 aliphatic heterocycles. The number of aryl methyl sites for hydroxylation is 4. The molecule has 6 rings (SSSR count). The van der Waals surface area contributed by atoms with Gasteiger partial charge in [0.15, 0.2) is 0 Å². The van der Waals surface area contributed by atoms with E-state index in [2.05, 4.69) is 136 Å². The first kappa shape index (κ1) is 21.4. The van der Waals surface area contributed by atoms with Crippen molar-refractivity contribution in [3.63, 3.8) is 0 Å². The molecule has 0 saturated carbocycles. The second-order valence-corrected chi connectivity index (χ2v) is 9.78. The van der Waals surface area contributed by atoms with Gasteiger partial charge in [0, 0.05) is 22.1 Å². The second kappa shape index (κ2) is 8.29. The fourth-order valence-electron chi connectivity index (χ4n) is 5.46. The highest BCUT2D eigenvalue weighted by molar-refractivity contribution is 6.17. The molecule has 0 fully saturated rings. The zero-order chi connectivity index (χ0) is 24.1. The Bertz CT molecular complexity index is 1690. The average molecular weight is 452 g/mol. The van der Waals surface area contributed by atoms with Crippen molar-refractivity contribution in [3.8, 4) is 0 Å². The number of hydrogen-bond acceptors (Lipinski definition) is 1. The van der Waals surface area contributed by atoms with Gasteiger partial charge in [0.2, 0.25) is 0 Å². The van der Waals surface area contributed by atoms with Crippen LogP contribution < -0.4 is 4.90 Å². The highest BCUT2D eigenvalue weighted by Gasteiger charge is 2.22. The molecule has 0 saturated heterocycles. The van der Waals surface area contributed by atoms with Gasteiger partial charge in [-0.25, -0.2) is 0 Å². The summed E-state index contributed by atoms with van der Waals surface area (Å²) < 4.78 is 0. The van der Waals surface area contributed by atoms with Gasteiger partial charge >= 0.3 is 0 Å². The van der Waals surface area contributed by atoms with Crippen molar-refractivity contribution >= 4 is 49.4 Å². The summed E-state index contributed by atoms with van der Waals surface area (Å²) in [5.41, 5.74) is 8.77. The fourth-order valence-corrected chi connectivity index (χ4v) is 5.46. The van der Waals surface area contributed by atoms with Crippen LogP contribution in [-0.4, -0.2) is 0 Å². The molecule has 0 aliphatic carbocycles. The summed E-state index contributed by atoms with van der Waals surface area (Å²) in [7, 11) is 0. The predicted octanol–water partition coefficient (Wildman–Crippen LogP) is 9.85. The summed E-state index contributed by atoms with van der Waals surface area (Å²) in [6, 6.07) is 38.1. The molecule has 0 aromatic heterocycles. The Labute approximate surface area is 207 Å². The normalized spacial score (nSPS) is 11.4. The van der Waals surface area contributed by atoms with E-state index in [4.69, 9.17) is 0 Å². The molecule has 1 nitrogen and oxygen atoms in total. The zero-order valence-electron chi connectivity index (χ0n) is 20.8. The summed E-state index contributed by atoms with van der Waals surface area (Å²) in [5, 5.41) is 7.57. The van der Waals surface area contributed by atoms with E-state index >= 15 is 0 Å². The molecule has 35 heavy (non-hydrogen) atoms. The molecule has 0 atom stereocenters. The van der Waals surface area contributed by atoms with Crippen molar-refractivity contribution in [1.29, 1.82) is 0 Å². The molecular weight excluding hydrogens is 422 g/mol. The summed E-state index contributed by atoms with van der Waals surface area (Å²) in [6.07, 6.45) is 0. The van der Waals surface area contributed by atoms with Crippen molar-refractivity contribution in [2.24, 2.45) is 0 Å². The van der Waals surface area contributed by atoms with Crippen molar-refractivity contribution in [3.05, 3.63) is 125 Å². The van der Waals surface area contributed by atoms with Crippen LogP contribution >= 0.6 is 0 Å². The minimum Gasteiger partial charge on any atom is -0.309 e. The lowest BCUT2D eigenvalue weighted by Gasteiger charge is -2.31. The third kappa shape index (κ3) is 3.65. The number of benzene rings is 6. The number of anilines is 3. The molecular formula is C34H29N. The Morgan fingerprint density at radius 3 is 1.54 bits per heavy atom. The van der Waals surface area contributed by atoms with Crippen molar-refractivity contribution < 1.29 is 0 Å². The van der Waals surface area contributed by atoms with Crippen molar-refractivity contribution in [1.82, 2.24) is 0 Å². The Kier molecular flexibility index (Phi) is 5.07. The molecule has 1 heteroatoms. The first-order valence-electron chi connectivity index (χ1n) is 12.3. The van der Waals surface area contributed by atoms with Crippen LogP contribution in [-0.2, 0) is 0 Å². The zero-order valence-corrected chi connectivity index (χ0v) is 20.8. The quantitative estimate of drug-likeness (QED) is 0.242. The standard InChI is InChI=1S/C34H29N/c1-22-13-15-32(24(3)17-22)35(33-16-14-23(2)18-25(33)4)34-30-12-8-7-11-28(30)20-29-19-26-9-5-6-10-27(26)21-31(29)34/h5-21H,1-4H3. The van der Waals surface area contributed by atoms with Crippen LogP contribution in [0, 0.1) is 27.7 Å². The first-order chi connectivity index (χ1) is 17.0. The smallest absolute Gasteiger partial charge is 0.0618 e. The van der Waals surface area contributed by atoms with Gasteiger partial charge in [-0.05, 0) is 90.7 Å². The van der Waals surface area contributed by atoms with Gasteiger partial charge in [0.25, 0.3) is 0 Å². The Morgan fingerprint density at radius 2 is 0.943 bits per heavy atom. The van der Waals surface area contributed by atoms with Gasteiger partial charge in [-0.3, -0.25) is 0 Å². The van der Waals surface area contributed by atoms with Crippen LogP contribution in [0.3, 0.4) is 0 Å². The van der Waals surface area contributed by atoms with Crippen LogP contribution in [0.15, 0.2) is 103 Å². The lowest BCUT2D eigenvalue weighted by molar-refractivity contribution is 1.22. The average Bonchev–Trinajstić information content (AvgIpc) is 2.84. The van der Waals surface area contributed by atoms with Crippen LogP contribution in [0.1, 0.15) is 22.3 Å². The van der Waals surface area contributed by atoms with Crippen LogP contribution in [0.25, 0.3) is 32.3 Å². The van der Waals surface area contributed by atoms with Crippen molar-refractivity contribution in [2.45, 2.75) is 27.7 Å². The Morgan fingerprint density at radius 1 is 0.429 bits per heavy atom. The largest absolute Gasteiger partial charge is 0.309 e. The molecule has 170 valence electrons. The number of fused-ring (bicyclic) bond motifs is 3. The van der Waals surface area contributed by atoms with Crippen LogP contribution in [0.5, 0.6) is 0 Å². The molecule has 0 aliphatic rings. The minimum absolute atomic E-state index is 1.22. The van der Waals surface area contributed by atoms with Gasteiger partial charge in [0.1, 0.15) is 0 Å². The van der Waals surface area contributed by atoms with Gasteiger partial charge < -0.3 is 4.90 Å². The van der Waals surface area contributed by atoms with E-state index in [1.54, 1.807) is 0 Å². The molecule has 0 unspecified atom stereocenters. The van der Waals surface area contributed by atoms with E-state index in [0.29, 0.717) is 0 Å². The lowest BCUT2D eigenvalue weighted by Crippen LogP contribution is -2.14. The topological polar surface area (TPSA) is 3.24 Å². The molecule has 6 aromatic carbocycles. The molecule has 0 heterocycles. The third-order valence-electron chi connectivity index (χ3n) is 7.11.